The van der Waals surface area contributed by atoms with E-state index in [0.29, 0.717) is 12.1 Å². The fraction of sp³-hybridized carbons (Fsp3) is 0.400. The quantitative estimate of drug-likeness (QED) is 0.662. The molecule has 0 saturated carbocycles. The molecule has 4 heterocycles. The van der Waals surface area contributed by atoms with E-state index in [1.54, 1.807) is 27.6 Å². The first kappa shape index (κ1) is 17.9. The zero-order valence-corrected chi connectivity index (χ0v) is 17.0. The highest BCUT2D eigenvalue weighted by molar-refractivity contribution is 7.98. The molecule has 3 aromatic rings. The number of hydrogen-bond donors (Lipinski definition) is 0. The van der Waals surface area contributed by atoms with Gasteiger partial charge in [0, 0.05) is 30.3 Å². The molecule has 6 nitrogen and oxygen atoms in total. The molecule has 1 saturated heterocycles. The van der Waals surface area contributed by atoms with Crippen LogP contribution in [0.1, 0.15) is 34.5 Å². The fourth-order valence-electron chi connectivity index (χ4n) is 4.03. The number of benzene rings is 1. The molecular formula is C20H20N4O2S2. The monoisotopic (exact) mass is 412 g/mol. The van der Waals surface area contributed by atoms with Crippen LogP contribution in [-0.2, 0) is 18.7 Å². The summed E-state index contributed by atoms with van der Waals surface area (Å²) in [6.45, 7) is 1.19. The summed E-state index contributed by atoms with van der Waals surface area (Å²) in [5.41, 5.74) is 5.43. The molecule has 0 N–H and O–H groups in total. The number of carbonyl (C=O) groups excluding carboxylic acids is 1. The summed E-state index contributed by atoms with van der Waals surface area (Å²) in [7, 11) is 0. The molecule has 1 aromatic carbocycles. The van der Waals surface area contributed by atoms with Gasteiger partial charge < -0.3 is 4.90 Å². The molecule has 0 spiro atoms. The van der Waals surface area contributed by atoms with Gasteiger partial charge in [-0.25, -0.2) is 9.67 Å². The molecule has 1 unspecified atom stereocenters. The molecular weight excluding hydrogens is 392 g/mol. The number of rotatable bonds is 3. The molecule has 5 rings (SSSR count). The van der Waals surface area contributed by atoms with Gasteiger partial charge in [0.2, 0.25) is 0 Å². The summed E-state index contributed by atoms with van der Waals surface area (Å²) in [5, 5.41) is 4.62. The molecule has 2 aliphatic heterocycles. The fourth-order valence-corrected chi connectivity index (χ4v) is 5.70. The van der Waals surface area contributed by atoms with Crippen LogP contribution in [0.2, 0.25) is 0 Å². The van der Waals surface area contributed by atoms with Gasteiger partial charge in [0.15, 0.2) is 0 Å². The third-order valence-corrected chi connectivity index (χ3v) is 7.30. The van der Waals surface area contributed by atoms with E-state index in [1.807, 2.05) is 34.9 Å². The Morgan fingerprint density at radius 2 is 2.21 bits per heavy atom. The number of nitrogens with zero attached hydrogens (tertiary/aromatic N) is 4. The van der Waals surface area contributed by atoms with Crippen molar-refractivity contribution in [3.8, 4) is 0 Å². The number of aromatic nitrogens is 3. The largest absolute Gasteiger partial charge is 0.334 e. The van der Waals surface area contributed by atoms with Crippen molar-refractivity contribution in [2.75, 3.05) is 12.3 Å². The lowest BCUT2D eigenvalue weighted by Gasteiger charge is -2.25. The smallest absolute Gasteiger partial charge is 0.267 e. The maximum absolute atomic E-state index is 13.1. The van der Waals surface area contributed by atoms with E-state index in [9.17, 15) is 9.59 Å². The molecule has 1 amide bonds. The molecule has 1 atom stereocenters. The van der Waals surface area contributed by atoms with Crippen molar-refractivity contribution >= 4 is 39.2 Å². The van der Waals surface area contributed by atoms with Crippen molar-refractivity contribution < 1.29 is 4.79 Å². The van der Waals surface area contributed by atoms with Gasteiger partial charge in [0.05, 0.1) is 34.0 Å². The normalized spacial score (nSPS) is 19.1. The van der Waals surface area contributed by atoms with E-state index in [0.717, 1.165) is 58.8 Å². The van der Waals surface area contributed by atoms with Crippen molar-refractivity contribution in [2.24, 2.45) is 0 Å². The van der Waals surface area contributed by atoms with Crippen LogP contribution in [0, 0.1) is 0 Å². The second-order valence-corrected chi connectivity index (χ2v) is 9.26. The maximum atomic E-state index is 13.1. The lowest BCUT2D eigenvalue weighted by Crippen LogP contribution is -2.41. The van der Waals surface area contributed by atoms with Crippen LogP contribution in [0.4, 0.5) is 0 Å². The Labute approximate surface area is 170 Å². The predicted molar refractivity (Wildman–Crippen MR) is 112 cm³/mol. The van der Waals surface area contributed by atoms with Crippen LogP contribution in [-0.4, -0.2) is 43.9 Å². The summed E-state index contributed by atoms with van der Waals surface area (Å²) in [5.74, 6) is 1.94. The van der Waals surface area contributed by atoms with Crippen molar-refractivity contribution in [3.63, 3.8) is 0 Å². The van der Waals surface area contributed by atoms with Gasteiger partial charge in [-0.2, -0.15) is 16.9 Å². The summed E-state index contributed by atoms with van der Waals surface area (Å²) >= 11 is 3.38. The number of likely N-dealkylation sites (tertiary alicyclic amines) is 1. The van der Waals surface area contributed by atoms with E-state index in [2.05, 4.69) is 10.1 Å². The SMILES string of the molecule is O=C(c1ccc2ncsc2c1)N1CCCC1Cn1nc2c(cc1=O)CSCC2. The van der Waals surface area contributed by atoms with Crippen molar-refractivity contribution in [2.45, 2.75) is 37.6 Å². The molecule has 1 fully saturated rings. The van der Waals surface area contributed by atoms with Crippen LogP contribution < -0.4 is 5.56 Å². The van der Waals surface area contributed by atoms with E-state index in [4.69, 9.17) is 0 Å². The summed E-state index contributed by atoms with van der Waals surface area (Å²) in [6, 6.07) is 7.41. The number of thioether (sulfide) groups is 1. The zero-order valence-electron chi connectivity index (χ0n) is 15.3. The van der Waals surface area contributed by atoms with Gasteiger partial charge in [0.25, 0.3) is 11.5 Å². The molecule has 28 heavy (non-hydrogen) atoms. The average Bonchev–Trinajstić information content (AvgIpc) is 3.36. The van der Waals surface area contributed by atoms with Gasteiger partial charge in [-0.3, -0.25) is 9.59 Å². The molecule has 2 aromatic heterocycles. The highest BCUT2D eigenvalue weighted by Crippen LogP contribution is 2.25. The first-order valence-corrected chi connectivity index (χ1v) is 11.5. The number of aryl methyl sites for hydroxylation is 1. The van der Waals surface area contributed by atoms with Crippen molar-refractivity contribution in [1.82, 2.24) is 19.7 Å². The first-order valence-electron chi connectivity index (χ1n) is 9.51. The van der Waals surface area contributed by atoms with Gasteiger partial charge in [-0.05, 0) is 42.4 Å². The van der Waals surface area contributed by atoms with Gasteiger partial charge in [-0.1, -0.05) is 0 Å². The van der Waals surface area contributed by atoms with Crippen molar-refractivity contribution in [3.05, 3.63) is 57.0 Å². The lowest BCUT2D eigenvalue weighted by atomic mass is 10.1. The Morgan fingerprint density at radius 1 is 1.29 bits per heavy atom. The van der Waals surface area contributed by atoms with Crippen LogP contribution in [0.15, 0.2) is 34.6 Å². The van der Waals surface area contributed by atoms with Crippen LogP contribution >= 0.6 is 23.1 Å². The van der Waals surface area contributed by atoms with E-state index in [-0.39, 0.29) is 17.5 Å². The second-order valence-electron chi connectivity index (χ2n) is 7.27. The van der Waals surface area contributed by atoms with Crippen molar-refractivity contribution in [1.29, 1.82) is 0 Å². The number of thiazole rings is 1. The summed E-state index contributed by atoms with van der Waals surface area (Å²) < 4.78 is 2.59. The van der Waals surface area contributed by atoms with E-state index in [1.165, 1.54) is 0 Å². The van der Waals surface area contributed by atoms with E-state index >= 15 is 0 Å². The Kier molecular flexibility index (Phi) is 4.68. The maximum Gasteiger partial charge on any atom is 0.267 e. The lowest BCUT2D eigenvalue weighted by molar-refractivity contribution is 0.0720. The third-order valence-electron chi connectivity index (χ3n) is 5.50. The standard InChI is InChI=1S/C20H20N4O2S2/c25-19-9-14-11-27-7-5-16(14)22-24(19)10-15-2-1-6-23(15)20(26)13-3-4-17-18(8-13)28-12-21-17/h3-4,8-9,12,15H,1-2,5-7,10-11H2. The highest BCUT2D eigenvalue weighted by atomic mass is 32.2. The average molecular weight is 413 g/mol. The Hall–Kier alpha value is -2.19. The molecule has 144 valence electrons. The third kappa shape index (κ3) is 3.24. The topological polar surface area (TPSA) is 68.1 Å². The van der Waals surface area contributed by atoms with Gasteiger partial charge in [-0.15, -0.1) is 11.3 Å². The molecule has 8 heteroatoms. The predicted octanol–water partition coefficient (Wildman–Crippen LogP) is 2.95. The first-order chi connectivity index (χ1) is 13.7. The Bertz CT molecular complexity index is 1110. The number of hydrogen-bond acceptors (Lipinski definition) is 6. The minimum Gasteiger partial charge on any atom is -0.334 e. The van der Waals surface area contributed by atoms with E-state index < -0.39 is 0 Å². The zero-order chi connectivity index (χ0) is 19.1. The van der Waals surface area contributed by atoms with Crippen LogP contribution in [0.5, 0.6) is 0 Å². The van der Waals surface area contributed by atoms with Gasteiger partial charge in [0.1, 0.15) is 0 Å². The Balaban J connectivity index is 1.39. The molecule has 2 aliphatic rings. The summed E-state index contributed by atoms with van der Waals surface area (Å²) in [4.78, 5) is 31.8. The Morgan fingerprint density at radius 3 is 3.14 bits per heavy atom. The van der Waals surface area contributed by atoms with Crippen LogP contribution in [0.25, 0.3) is 10.2 Å². The number of carbonyl (C=O) groups is 1. The highest BCUT2D eigenvalue weighted by Gasteiger charge is 2.30. The minimum atomic E-state index is -0.0633. The van der Waals surface area contributed by atoms with Crippen LogP contribution in [0.3, 0.4) is 0 Å². The molecule has 0 radical (unpaired) electrons. The molecule has 0 aliphatic carbocycles. The summed E-state index contributed by atoms with van der Waals surface area (Å²) in [6.07, 6.45) is 2.76. The number of fused-ring (bicyclic) bond motifs is 2. The molecule has 0 bridgehead atoms. The number of amides is 1. The van der Waals surface area contributed by atoms with Gasteiger partial charge >= 0.3 is 0 Å². The minimum absolute atomic E-state index is 0.00544. The second kappa shape index (κ2) is 7.33.